The normalized spacial score (nSPS) is 14.2. The number of hydrogen-bond acceptors (Lipinski definition) is 12. The number of ether oxygens (including phenoxy) is 4. The van der Waals surface area contributed by atoms with Gasteiger partial charge in [-0.25, -0.2) is 9.79 Å². The van der Waals surface area contributed by atoms with E-state index in [0.29, 0.717) is 46.3 Å². The van der Waals surface area contributed by atoms with Gasteiger partial charge < -0.3 is 18.9 Å². The second-order valence-electron chi connectivity index (χ2n) is 10.2. The Morgan fingerprint density at radius 2 is 1.62 bits per heavy atom. The van der Waals surface area contributed by atoms with Gasteiger partial charge in [0.05, 0.1) is 57.6 Å². The Hall–Kier alpha value is -5.83. The number of non-ortho nitro benzene ring substituents is 1. The molecule has 1 aliphatic heterocycles. The summed E-state index contributed by atoms with van der Waals surface area (Å²) >= 11 is 1.09. The molecule has 0 N–H and O–H groups in total. The molecule has 0 amide bonds. The molecule has 0 saturated heterocycles. The summed E-state index contributed by atoms with van der Waals surface area (Å²) in [4.78, 5) is 53.8. The standard InChI is InChI=1S/C33H30N4O10S/c1-5-44-26-14-12-21(16-27(26)45-6-2)30-29(32(39)46-7-3)19(4)34-33-35(30)31(38)28(48-33)17-20-10-8-9-11-24(20)47-25-15-13-22(36(40)41)18-23(25)37(42)43/h8-18,30H,5-7H2,1-4H3/b28-17-/t30-/m1/s1. The summed E-state index contributed by atoms with van der Waals surface area (Å²) in [5.74, 6) is 0.284. The predicted octanol–water partition coefficient (Wildman–Crippen LogP) is 5.20. The molecule has 15 heteroatoms. The van der Waals surface area contributed by atoms with Gasteiger partial charge in [-0.05, 0) is 63.6 Å². The molecule has 0 spiro atoms. The molecule has 5 rings (SSSR count). The van der Waals surface area contributed by atoms with E-state index in [9.17, 15) is 29.8 Å². The lowest BCUT2D eigenvalue weighted by Crippen LogP contribution is -2.40. The zero-order valence-electron chi connectivity index (χ0n) is 26.3. The monoisotopic (exact) mass is 674 g/mol. The average Bonchev–Trinajstić information content (AvgIpc) is 3.36. The van der Waals surface area contributed by atoms with Crippen molar-refractivity contribution in [2.24, 2.45) is 4.99 Å². The number of allylic oxidation sites excluding steroid dienone is 1. The van der Waals surface area contributed by atoms with Crippen LogP contribution < -0.4 is 29.1 Å². The number of rotatable bonds is 12. The van der Waals surface area contributed by atoms with Crippen LogP contribution in [0.4, 0.5) is 11.4 Å². The first-order valence-corrected chi connectivity index (χ1v) is 15.7. The minimum Gasteiger partial charge on any atom is -0.490 e. The van der Waals surface area contributed by atoms with Crippen LogP contribution in [-0.4, -0.2) is 40.2 Å². The summed E-state index contributed by atoms with van der Waals surface area (Å²) in [6.07, 6.45) is 1.56. The number of carbonyl (C=O) groups is 1. The van der Waals surface area contributed by atoms with Crippen LogP contribution in [0, 0.1) is 20.2 Å². The van der Waals surface area contributed by atoms with E-state index in [1.54, 1.807) is 62.4 Å². The topological polar surface area (TPSA) is 175 Å². The molecule has 14 nitrogen and oxygen atoms in total. The number of nitro groups is 2. The van der Waals surface area contributed by atoms with Crippen LogP contribution in [0.15, 0.2) is 81.7 Å². The maximum absolute atomic E-state index is 14.2. The zero-order valence-corrected chi connectivity index (χ0v) is 27.1. The Bertz CT molecular complexity index is 2140. The highest BCUT2D eigenvalue weighted by molar-refractivity contribution is 7.07. The second-order valence-corrected chi connectivity index (χ2v) is 11.2. The molecule has 0 saturated carbocycles. The minimum atomic E-state index is -0.911. The van der Waals surface area contributed by atoms with E-state index in [4.69, 9.17) is 18.9 Å². The summed E-state index contributed by atoms with van der Waals surface area (Å²) in [5.41, 5.74) is 0.0255. The van der Waals surface area contributed by atoms with Crippen LogP contribution in [0.1, 0.15) is 44.9 Å². The fourth-order valence-electron chi connectivity index (χ4n) is 5.15. The number of aromatic nitrogens is 1. The number of nitrogens with zero attached hydrogens (tertiary/aromatic N) is 4. The number of fused-ring (bicyclic) bond motifs is 1. The molecule has 1 atom stereocenters. The van der Waals surface area contributed by atoms with E-state index in [-0.39, 0.29) is 28.2 Å². The fourth-order valence-corrected chi connectivity index (χ4v) is 6.18. The van der Waals surface area contributed by atoms with Crippen LogP contribution >= 0.6 is 11.3 Å². The van der Waals surface area contributed by atoms with Gasteiger partial charge in [-0.1, -0.05) is 35.6 Å². The summed E-state index contributed by atoms with van der Waals surface area (Å²) in [6.45, 7) is 7.93. The highest BCUT2D eigenvalue weighted by Gasteiger charge is 2.34. The third kappa shape index (κ3) is 6.66. The van der Waals surface area contributed by atoms with Gasteiger partial charge in [-0.2, -0.15) is 0 Å². The third-order valence-electron chi connectivity index (χ3n) is 7.18. The summed E-state index contributed by atoms with van der Waals surface area (Å²) in [7, 11) is 0. The molecule has 0 fully saturated rings. The SMILES string of the molecule is CCOC(=O)C1=C(C)N=c2s/c(=C\c3ccccc3Oc3ccc([N+](=O)[O-])cc3[N+](=O)[O-])c(=O)n2[C@@H]1c1ccc(OCC)c(OCC)c1. The third-order valence-corrected chi connectivity index (χ3v) is 8.16. The van der Waals surface area contributed by atoms with Crippen LogP contribution in [-0.2, 0) is 9.53 Å². The van der Waals surface area contributed by atoms with Gasteiger partial charge in [-0.3, -0.25) is 29.6 Å². The van der Waals surface area contributed by atoms with E-state index in [2.05, 4.69) is 4.99 Å². The van der Waals surface area contributed by atoms with Crippen LogP contribution in [0.25, 0.3) is 6.08 Å². The number of carbonyl (C=O) groups excluding carboxylic acids is 1. The number of hydrogen-bond donors (Lipinski definition) is 0. The largest absolute Gasteiger partial charge is 0.490 e. The van der Waals surface area contributed by atoms with Gasteiger partial charge in [0.1, 0.15) is 5.75 Å². The lowest BCUT2D eigenvalue weighted by molar-refractivity contribution is -0.394. The second kappa shape index (κ2) is 14.3. The van der Waals surface area contributed by atoms with Crippen molar-refractivity contribution in [3.8, 4) is 23.0 Å². The Morgan fingerprint density at radius 3 is 2.31 bits per heavy atom. The average molecular weight is 675 g/mol. The Morgan fingerprint density at radius 1 is 0.917 bits per heavy atom. The van der Waals surface area contributed by atoms with Crippen molar-refractivity contribution in [2.75, 3.05) is 19.8 Å². The Kier molecular flexibility index (Phi) is 9.99. The molecule has 2 heterocycles. The van der Waals surface area contributed by atoms with Crippen molar-refractivity contribution in [3.63, 3.8) is 0 Å². The molecular formula is C33H30N4O10S. The molecule has 4 aromatic rings. The highest BCUT2D eigenvalue weighted by atomic mass is 32.1. The fraction of sp³-hybridized carbons (Fsp3) is 0.242. The summed E-state index contributed by atoms with van der Waals surface area (Å²) in [5, 5.41) is 22.9. The van der Waals surface area contributed by atoms with E-state index in [0.717, 1.165) is 29.5 Å². The van der Waals surface area contributed by atoms with E-state index >= 15 is 0 Å². The van der Waals surface area contributed by atoms with E-state index in [1.165, 1.54) is 4.57 Å². The maximum Gasteiger partial charge on any atom is 0.338 e. The number of para-hydroxylation sites is 1. The van der Waals surface area contributed by atoms with Crippen molar-refractivity contribution in [2.45, 2.75) is 33.7 Å². The van der Waals surface area contributed by atoms with Gasteiger partial charge in [-0.15, -0.1) is 0 Å². The molecule has 0 radical (unpaired) electrons. The molecule has 1 aromatic heterocycles. The lowest BCUT2D eigenvalue weighted by atomic mass is 9.95. The van der Waals surface area contributed by atoms with Crippen LogP contribution in [0.2, 0.25) is 0 Å². The van der Waals surface area contributed by atoms with E-state index in [1.807, 2.05) is 13.8 Å². The number of esters is 1. The number of thiazole rings is 1. The Balaban J connectivity index is 1.66. The quantitative estimate of drug-likeness (QED) is 0.110. The molecular weight excluding hydrogens is 644 g/mol. The summed E-state index contributed by atoms with van der Waals surface area (Å²) in [6, 6.07) is 13.9. The van der Waals surface area contributed by atoms with Crippen molar-refractivity contribution >= 4 is 34.8 Å². The van der Waals surface area contributed by atoms with Gasteiger partial charge in [0, 0.05) is 11.6 Å². The van der Waals surface area contributed by atoms with Crippen LogP contribution in [0.5, 0.6) is 23.0 Å². The summed E-state index contributed by atoms with van der Waals surface area (Å²) < 4.78 is 24.5. The first-order chi connectivity index (χ1) is 23.1. The number of benzene rings is 3. The smallest absolute Gasteiger partial charge is 0.338 e. The van der Waals surface area contributed by atoms with Crippen molar-refractivity contribution in [3.05, 3.63) is 123 Å². The number of nitro benzene ring substituents is 2. The first-order valence-electron chi connectivity index (χ1n) is 14.9. The van der Waals surface area contributed by atoms with Crippen LogP contribution in [0.3, 0.4) is 0 Å². The zero-order chi connectivity index (χ0) is 34.5. The van der Waals surface area contributed by atoms with Gasteiger partial charge in [0.2, 0.25) is 5.75 Å². The molecule has 0 bridgehead atoms. The van der Waals surface area contributed by atoms with Gasteiger partial charge in [0.15, 0.2) is 16.3 Å². The minimum absolute atomic E-state index is 0.115. The molecule has 248 valence electrons. The molecule has 0 aliphatic carbocycles. The molecule has 0 unspecified atom stereocenters. The van der Waals surface area contributed by atoms with E-state index < -0.39 is 38.8 Å². The van der Waals surface area contributed by atoms with Gasteiger partial charge >= 0.3 is 11.7 Å². The van der Waals surface area contributed by atoms with Crippen molar-refractivity contribution < 1.29 is 33.6 Å². The molecule has 48 heavy (non-hydrogen) atoms. The Labute approximate surface area is 277 Å². The van der Waals surface area contributed by atoms with Crippen molar-refractivity contribution in [1.29, 1.82) is 0 Å². The van der Waals surface area contributed by atoms with Gasteiger partial charge in [0.25, 0.3) is 11.2 Å². The molecule has 1 aliphatic rings. The first kappa shape index (κ1) is 33.5. The predicted molar refractivity (Wildman–Crippen MR) is 175 cm³/mol. The molecule has 3 aromatic carbocycles. The lowest BCUT2D eigenvalue weighted by Gasteiger charge is -2.25. The highest BCUT2D eigenvalue weighted by Crippen LogP contribution is 2.37. The maximum atomic E-state index is 14.2. The van der Waals surface area contributed by atoms with Crippen molar-refractivity contribution in [1.82, 2.24) is 4.57 Å².